The van der Waals surface area contributed by atoms with Gasteiger partial charge in [-0.3, -0.25) is 4.90 Å². The van der Waals surface area contributed by atoms with Gasteiger partial charge in [0.15, 0.2) is 0 Å². The standard InChI is InChI=1S/C15H23ClN2/c1-3-18-10-6-7-12(11-17-2)15(18)13-8-4-5-9-14(13)16/h4-5,8-9,12,15,17H,3,6-7,10-11H2,1-2H3. The number of nitrogens with zero attached hydrogens (tertiary/aromatic N) is 1. The van der Waals surface area contributed by atoms with Crippen molar-refractivity contribution < 1.29 is 0 Å². The Morgan fingerprint density at radius 1 is 1.39 bits per heavy atom. The molecule has 0 bridgehead atoms. The lowest BCUT2D eigenvalue weighted by molar-refractivity contribution is 0.0983. The smallest absolute Gasteiger partial charge is 0.0453 e. The van der Waals surface area contributed by atoms with Gasteiger partial charge >= 0.3 is 0 Å². The Morgan fingerprint density at radius 3 is 2.83 bits per heavy atom. The highest BCUT2D eigenvalue weighted by atomic mass is 35.5. The van der Waals surface area contributed by atoms with Crippen molar-refractivity contribution in [2.75, 3.05) is 26.7 Å². The molecule has 2 nitrogen and oxygen atoms in total. The highest BCUT2D eigenvalue weighted by molar-refractivity contribution is 6.31. The molecule has 1 N–H and O–H groups in total. The molecule has 1 aliphatic rings. The molecule has 1 heterocycles. The van der Waals surface area contributed by atoms with E-state index in [9.17, 15) is 0 Å². The van der Waals surface area contributed by atoms with Gasteiger partial charge in [-0.2, -0.15) is 0 Å². The number of piperidine rings is 1. The van der Waals surface area contributed by atoms with Crippen LogP contribution in [-0.4, -0.2) is 31.6 Å². The fraction of sp³-hybridized carbons (Fsp3) is 0.600. The lowest BCUT2D eigenvalue weighted by Gasteiger charge is -2.41. The third-order valence-corrected chi connectivity index (χ3v) is 4.30. The first-order valence-corrected chi connectivity index (χ1v) is 7.28. The molecule has 1 fully saturated rings. The van der Waals surface area contributed by atoms with Crippen molar-refractivity contribution in [1.29, 1.82) is 0 Å². The van der Waals surface area contributed by atoms with E-state index < -0.39 is 0 Å². The highest BCUT2D eigenvalue weighted by Crippen LogP contribution is 2.38. The van der Waals surface area contributed by atoms with Gasteiger partial charge in [0.1, 0.15) is 0 Å². The summed E-state index contributed by atoms with van der Waals surface area (Å²) in [5.41, 5.74) is 1.29. The molecular weight excluding hydrogens is 244 g/mol. The molecule has 1 aromatic carbocycles. The van der Waals surface area contributed by atoms with E-state index in [0.29, 0.717) is 12.0 Å². The molecule has 100 valence electrons. The second-order valence-corrected chi connectivity index (χ2v) is 5.46. The van der Waals surface area contributed by atoms with E-state index in [4.69, 9.17) is 11.6 Å². The van der Waals surface area contributed by atoms with Gasteiger partial charge in [0.2, 0.25) is 0 Å². The zero-order chi connectivity index (χ0) is 13.0. The van der Waals surface area contributed by atoms with Crippen LogP contribution in [0.2, 0.25) is 5.02 Å². The van der Waals surface area contributed by atoms with Gasteiger partial charge in [0, 0.05) is 11.1 Å². The summed E-state index contributed by atoms with van der Waals surface area (Å²) in [4.78, 5) is 2.56. The van der Waals surface area contributed by atoms with E-state index in [-0.39, 0.29) is 0 Å². The molecule has 0 amide bonds. The highest BCUT2D eigenvalue weighted by Gasteiger charge is 2.32. The zero-order valence-corrected chi connectivity index (χ0v) is 12.1. The molecule has 1 aromatic rings. The minimum atomic E-state index is 0.463. The van der Waals surface area contributed by atoms with Gasteiger partial charge in [0.25, 0.3) is 0 Å². The van der Waals surface area contributed by atoms with Crippen LogP contribution >= 0.6 is 11.6 Å². The molecule has 1 aliphatic heterocycles. The molecule has 0 spiro atoms. The van der Waals surface area contributed by atoms with Crippen LogP contribution in [0.4, 0.5) is 0 Å². The minimum absolute atomic E-state index is 0.463. The van der Waals surface area contributed by atoms with Crippen LogP contribution in [0.15, 0.2) is 24.3 Å². The number of hydrogen-bond donors (Lipinski definition) is 1. The van der Waals surface area contributed by atoms with Crippen LogP contribution in [0.25, 0.3) is 0 Å². The Bertz CT molecular complexity index is 379. The summed E-state index contributed by atoms with van der Waals surface area (Å²) in [6.45, 7) is 5.58. The van der Waals surface area contributed by atoms with Crippen molar-refractivity contribution in [2.45, 2.75) is 25.8 Å². The fourth-order valence-electron chi connectivity index (χ4n) is 3.15. The van der Waals surface area contributed by atoms with E-state index in [1.165, 1.54) is 24.9 Å². The molecule has 0 saturated carbocycles. The first kappa shape index (κ1) is 13.9. The monoisotopic (exact) mass is 266 g/mol. The number of benzene rings is 1. The van der Waals surface area contributed by atoms with E-state index in [0.717, 1.165) is 18.1 Å². The molecular formula is C15H23ClN2. The number of rotatable bonds is 4. The van der Waals surface area contributed by atoms with Gasteiger partial charge in [-0.25, -0.2) is 0 Å². The fourth-order valence-corrected chi connectivity index (χ4v) is 3.40. The molecule has 3 heteroatoms. The van der Waals surface area contributed by atoms with E-state index in [2.05, 4.69) is 29.3 Å². The van der Waals surface area contributed by atoms with Crippen molar-refractivity contribution in [3.05, 3.63) is 34.9 Å². The van der Waals surface area contributed by atoms with Crippen LogP contribution < -0.4 is 5.32 Å². The van der Waals surface area contributed by atoms with Gasteiger partial charge in [-0.1, -0.05) is 36.7 Å². The second kappa shape index (κ2) is 6.55. The van der Waals surface area contributed by atoms with Crippen molar-refractivity contribution in [3.63, 3.8) is 0 Å². The number of hydrogen-bond acceptors (Lipinski definition) is 2. The maximum absolute atomic E-state index is 6.40. The van der Waals surface area contributed by atoms with Crippen LogP contribution in [0.3, 0.4) is 0 Å². The summed E-state index contributed by atoms with van der Waals surface area (Å²) in [6, 6.07) is 8.77. The summed E-state index contributed by atoms with van der Waals surface area (Å²) < 4.78 is 0. The Labute approximate surface area is 115 Å². The van der Waals surface area contributed by atoms with Crippen LogP contribution in [0.5, 0.6) is 0 Å². The average molecular weight is 267 g/mol. The normalized spacial score (nSPS) is 25.3. The van der Waals surface area contributed by atoms with Crippen LogP contribution in [-0.2, 0) is 0 Å². The van der Waals surface area contributed by atoms with E-state index in [1.807, 2.05) is 19.2 Å². The lowest BCUT2D eigenvalue weighted by Crippen LogP contribution is -2.42. The van der Waals surface area contributed by atoms with Gasteiger partial charge in [-0.15, -0.1) is 0 Å². The summed E-state index contributed by atoms with van der Waals surface area (Å²) in [7, 11) is 2.04. The molecule has 0 aromatic heterocycles. The summed E-state index contributed by atoms with van der Waals surface area (Å²) >= 11 is 6.40. The Kier molecular flexibility index (Phi) is 5.04. The SMILES string of the molecule is CCN1CCCC(CNC)C1c1ccccc1Cl. The Morgan fingerprint density at radius 2 is 2.17 bits per heavy atom. The van der Waals surface area contributed by atoms with Gasteiger partial charge in [-0.05, 0) is 57.1 Å². The second-order valence-electron chi connectivity index (χ2n) is 5.05. The Balaban J connectivity index is 2.30. The average Bonchev–Trinajstić information content (AvgIpc) is 2.40. The van der Waals surface area contributed by atoms with Crippen molar-refractivity contribution in [1.82, 2.24) is 10.2 Å². The third kappa shape index (κ3) is 2.87. The zero-order valence-electron chi connectivity index (χ0n) is 11.3. The maximum Gasteiger partial charge on any atom is 0.0453 e. The number of halogens is 1. The summed E-state index contributed by atoms with van der Waals surface area (Å²) in [5.74, 6) is 0.656. The van der Waals surface area contributed by atoms with Crippen molar-refractivity contribution >= 4 is 11.6 Å². The van der Waals surface area contributed by atoms with Gasteiger partial charge < -0.3 is 5.32 Å². The molecule has 0 radical (unpaired) electrons. The molecule has 2 unspecified atom stereocenters. The molecule has 1 saturated heterocycles. The lowest BCUT2D eigenvalue weighted by atomic mass is 9.84. The largest absolute Gasteiger partial charge is 0.319 e. The van der Waals surface area contributed by atoms with Crippen molar-refractivity contribution in [2.24, 2.45) is 5.92 Å². The number of nitrogens with one attached hydrogen (secondary N) is 1. The van der Waals surface area contributed by atoms with Gasteiger partial charge in [0.05, 0.1) is 0 Å². The molecule has 0 aliphatic carbocycles. The summed E-state index contributed by atoms with van der Waals surface area (Å²) in [6.07, 6.45) is 2.58. The first-order chi connectivity index (χ1) is 8.77. The molecule has 18 heavy (non-hydrogen) atoms. The van der Waals surface area contributed by atoms with Crippen LogP contribution in [0, 0.1) is 5.92 Å². The molecule has 2 atom stereocenters. The maximum atomic E-state index is 6.40. The number of likely N-dealkylation sites (tertiary alicyclic amines) is 1. The topological polar surface area (TPSA) is 15.3 Å². The Hall–Kier alpha value is -0.570. The molecule has 2 rings (SSSR count). The quantitative estimate of drug-likeness (QED) is 0.899. The summed E-state index contributed by atoms with van der Waals surface area (Å²) in [5, 5.41) is 4.24. The predicted molar refractivity (Wildman–Crippen MR) is 78.1 cm³/mol. The minimum Gasteiger partial charge on any atom is -0.319 e. The van der Waals surface area contributed by atoms with E-state index in [1.54, 1.807) is 0 Å². The first-order valence-electron chi connectivity index (χ1n) is 6.91. The van der Waals surface area contributed by atoms with Crippen molar-refractivity contribution in [3.8, 4) is 0 Å². The third-order valence-electron chi connectivity index (χ3n) is 3.96. The van der Waals surface area contributed by atoms with E-state index >= 15 is 0 Å². The predicted octanol–water partition coefficient (Wildman–Crippen LogP) is 3.33. The van der Waals surface area contributed by atoms with Crippen LogP contribution in [0.1, 0.15) is 31.4 Å².